The summed E-state index contributed by atoms with van der Waals surface area (Å²) in [7, 11) is 0. The summed E-state index contributed by atoms with van der Waals surface area (Å²) in [5.41, 5.74) is 0.995. The van der Waals surface area contributed by atoms with Crippen molar-refractivity contribution in [1.29, 1.82) is 0 Å². The Bertz CT molecular complexity index is 1750. The van der Waals surface area contributed by atoms with Gasteiger partial charge >= 0.3 is 0 Å². The first kappa shape index (κ1) is 23.0. The minimum Gasteiger partial charge on any atom is -0.453 e. The summed E-state index contributed by atoms with van der Waals surface area (Å²) in [6, 6.07) is 19.9. The molecule has 4 atom stereocenters. The maximum Gasteiger partial charge on any atom is 0.251 e. The van der Waals surface area contributed by atoms with Crippen LogP contribution in [0.3, 0.4) is 0 Å². The van der Waals surface area contributed by atoms with E-state index < -0.39 is 16.9 Å². The Morgan fingerprint density at radius 3 is 2.64 bits per heavy atom. The van der Waals surface area contributed by atoms with Crippen LogP contribution in [0.25, 0.3) is 11.0 Å². The number of amides is 2. The van der Waals surface area contributed by atoms with E-state index in [1.165, 1.54) is 0 Å². The SMILES string of the molecule is Cc1c(Cl)ccc2c1NC(=O)C21N2CCCC2C(C(=O)c2cc3ccccc3o2)C12C(=O)Nc1ccccc12. The van der Waals surface area contributed by atoms with Gasteiger partial charge in [-0.05, 0) is 61.7 Å². The number of halogens is 1. The molecule has 3 aromatic carbocycles. The van der Waals surface area contributed by atoms with E-state index in [1.807, 2.05) is 61.5 Å². The number of Topliss-reactive ketones (excluding diaryl/α,β-unsaturated/α-hetero) is 1. The maximum absolute atomic E-state index is 14.7. The summed E-state index contributed by atoms with van der Waals surface area (Å²) in [5, 5.41) is 7.50. The third-order valence-electron chi connectivity index (χ3n) is 9.42. The number of hydrogen-bond donors (Lipinski definition) is 2. The molecule has 4 aliphatic rings. The number of carbonyl (C=O) groups excluding carboxylic acids is 3. The van der Waals surface area contributed by atoms with Crippen molar-refractivity contribution in [3.05, 3.63) is 94.2 Å². The number of fused-ring (bicyclic) bond motifs is 8. The summed E-state index contributed by atoms with van der Waals surface area (Å²) in [4.78, 5) is 45.9. The number of para-hydroxylation sites is 2. The maximum atomic E-state index is 14.7. The molecule has 1 aromatic heterocycles. The van der Waals surface area contributed by atoms with Crippen molar-refractivity contribution in [2.45, 2.75) is 36.8 Å². The van der Waals surface area contributed by atoms with Crippen molar-refractivity contribution in [2.75, 3.05) is 17.2 Å². The number of benzene rings is 3. The Balaban J connectivity index is 1.47. The zero-order chi connectivity index (χ0) is 26.7. The predicted molar refractivity (Wildman–Crippen MR) is 147 cm³/mol. The van der Waals surface area contributed by atoms with Gasteiger partial charge < -0.3 is 15.1 Å². The predicted octanol–water partition coefficient (Wildman–Crippen LogP) is 5.41. The summed E-state index contributed by atoms with van der Waals surface area (Å²) in [5.74, 6) is -1.56. The monoisotopic (exact) mass is 537 g/mol. The van der Waals surface area contributed by atoms with Crippen LogP contribution in [0.4, 0.5) is 11.4 Å². The smallest absolute Gasteiger partial charge is 0.251 e. The van der Waals surface area contributed by atoms with Gasteiger partial charge in [0.2, 0.25) is 11.7 Å². The lowest BCUT2D eigenvalue weighted by atomic mass is 9.57. The Morgan fingerprint density at radius 1 is 1.00 bits per heavy atom. The molecule has 2 fully saturated rings. The second kappa shape index (κ2) is 7.58. The molecule has 0 bridgehead atoms. The molecular weight excluding hydrogens is 514 g/mol. The van der Waals surface area contributed by atoms with E-state index in [2.05, 4.69) is 15.5 Å². The molecule has 2 spiro atoms. The molecule has 7 nitrogen and oxygen atoms in total. The number of rotatable bonds is 2. The average molecular weight is 538 g/mol. The lowest BCUT2D eigenvalue weighted by molar-refractivity contribution is -0.137. The Labute approximate surface area is 229 Å². The number of nitrogens with zero attached hydrogens (tertiary/aromatic N) is 1. The highest BCUT2D eigenvalue weighted by Crippen LogP contribution is 2.68. The van der Waals surface area contributed by atoms with Crippen LogP contribution in [0.5, 0.6) is 0 Å². The summed E-state index contributed by atoms with van der Waals surface area (Å²) < 4.78 is 6.08. The van der Waals surface area contributed by atoms with Crippen molar-refractivity contribution >= 4 is 51.5 Å². The van der Waals surface area contributed by atoms with Crippen LogP contribution in [0.1, 0.15) is 40.1 Å². The highest BCUT2D eigenvalue weighted by atomic mass is 35.5. The Hall–Kier alpha value is -3.94. The Morgan fingerprint density at radius 2 is 1.79 bits per heavy atom. The zero-order valence-corrected chi connectivity index (χ0v) is 21.8. The van der Waals surface area contributed by atoms with Crippen LogP contribution in [-0.2, 0) is 20.5 Å². The molecule has 4 aliphatic heterocycles. The Kier molecular flexibility index (Phi) is 4.47. The minimum atomic E-state index is -1.51. The lowest BCUT2D eigenvalue weighted by Crippen LogP contribution is -2.62. The average Bonchev–Trinajstić information content (AvgIpc) is 3.72. The number of ketones is 1. The first-order chi connectivity index (χ1) is 18.9. The van der Waals surface area contributed by atoms with E-state index in [0.717, 1.165) is 17.4 Å². The van der Waals surface area contributed by atoms with Gasteiger partial charge in [-0.15, -0.1) is 0 Å². The molecule has 2 amide bonds. The molecule has 4 unspecified atom stereocenters. The van der Waals surface area contributed by atoms with Crippen molar-refractivity contribution < 1.29 is 18.8 Å². The second-order valence-corrected chi connectivity index (χ2v) is 11.4. The summed E-state index contributed by atoms with van der Waals surface area (Å²) in [6.45, 7) is 2.45. The molecule has 0 saturated carbocycles. The molecule has 4 aromatic rings. The third-order valence-corrected chi connectivity index (χ3v) is 9.83. The second-order valence-electron chi connectivity index (χ2n) is 11.0. The lowest BCUT2D eigenvalue weighted by Gasteiger charge is -2.43. The van der Waals surface area contributed by atoms with Gasteiger partial charge in [0.1, 0.15) is 16.5 Å². The van der Waals surface area contributed by atoms with Crippen LogP contribution >= 0.6 is 11.6 Å². The van der Waals surface area contributed by atoms with Crippen LogP contribution < -0.4 is 10.6 Å². The molecule has 2 N–H and O–H groups in total. The summed E-state index contributed by atoms with van der Waals surface area (Å²) in [6.07, 6.45) is 1.50. The van der Waals surface area contributed by atoms with Crippen molar-refractivity contribution in [3.8, 4) is 0 Å². The molecule has 8 rings (SSSR count). The first-order valence-electron chi connectivity index (χ1n) is 13.2. The minimum absolute atomic E-state index is 0.201. The topological polar surface area (TPSA) is 91.7 Å². The zero-order valence-electron chi connectivity index (χ0n) is 21.1. The van der Waals surface area contributed by atoms with E-state index in [4.69, 9.17) is 16.0 Å². The molecular formula is C31H24ClN3O4. The number of furan rings is 1. The largest absolute Gasteiger partial charge is 0.453 e. The van der Waals surface area contributed by atoms with Gasteiger partial charge in [0, 0.05) is 27.7 Å². The van der Waals surface area contributed by atoms with Crippen molar-refractivity contribution in [3.63, 3.8) is 0 Å². The van der Waals surface area contributed by atoms with Gasteiger partial charge in [0.25, 0.3) is 5.91 Å². The molecule has 8 heteroatoms. The fraction of sp³-hybridized carbons (Fsp3) is 0.258. The van der Waals surface area contributed by atoms with Gasteiger partial charge in [0.05, 0.1) is 11.6 Å². The standard InChI is InChI=1S/C31H24ClN3O4/c1-16-20(32)13-12-19-26(16)34-29(38)31(19)30(18-8-3-4-9-21(18)33-28(30)37)25(22-10-6-14-35(22)31)27(36)24-15-17-7-2-5-11-23(17)39-24/h2-5,7-9,11-13,15,22,25H,6,10,14H2,1H3,(H,33,37)(H,34,38). The summed E-state index contributed by atoms with van der Waals surface area (Å²) >= 11 is 6.49. The van der Waals surface area contributed by atoms with Crippen molar-refractivity contribution in [2.24, 2.45) is 5.92 Å². The first-order valence-corrected chi connectivity index (χ1v) is 13.6. The molecule has 194 valence electrons. The highest BCUT2D eigenvalue weighted by Gasteiger charge is 2.81. The van der Waals surface area contributed by atoms with Gasteiger partial charge in [-0.25, -0.2) is 0 Å². The molecule has 0 radical (unpaired) electrons. The van der Waals surface area contributed by atoms with Crippen molar-refractivity contribution in [1.82, 2.24) is 4.90 Å². The van der Waals surface area contributed by atoms with E-state index in [1.54, 1.807) is 12.1 Å². The number of hydrogen-bond acceptors (Lipinski definition) is 5. The van der Waals surface area contributed by atoms with Crippen LogP contribution in [0.15, 0.2) is 71.1 Å². The van der Waals surface area contributed by atoms with E-state index in [0.29, 0.717) is 46.1 Å². The highest BCUT2D eigenvalue weighted by molar-refractivity contribution is 6.32. The van der Waals surface area contributed by atoms with Crippen LogP contribution in [0.2, 0.25) is 5.02 Å². The van der Waals surface area contributed by atoms with Gasteiger partial charge in [-0.1, -0.05) is 54.1 Å². The fourth-order valence-electron chi connectivity index (χ4n) is 8.02. The fourth-order valence-corrected chi connectivity index (χ4v) is 8.18. The van der Waals surface area contributed by atoms with E-state index in [9.17, 15) is 14.4 Å². The van der Waals surface area contributed by atoms with Gasteiger partial charge in [0.15, 0.2) is 5.76 Å². The van der Waals surface area contributed by atoms with E-state index >= 15 is 0 Å². The quantitative estimate of drug-likeness (QED) is 0.334. The molecule has 39 heavy (non-hydrogen) atoms. The van der Waals surface area contributed by atoms with Gasteiger partial charge in [-0.2, -0.15) is 0 Å². The molecule has 5 heterocycles. The van der Waals surface area contributed by atoms with Gasteiger partial charge in [-0.3, -0.25) is 19.3 Å². The third kappa shape index (κ3) is 2.51. The van der Waals surface area contributed by atoms with E-state index in [-0.39, 0.29) is 29.4 Å². The normalized spacial score (nSPS) is 28.7. The number of carbonyl (C=O) groups is 3. The van der Waals surface area contributed by atoms with Crippen LogP contribution in [0, 0.1) is 12.8 Å². The number of anilines is 2. The molecule has 2 saturated heterocycles. The van der Waals surface area contributed by atoms with Crippen LogP contribution in [-0.4, -0.2) is 35.1 Å². The molecule has 0 aliphatic carbocycles. The number of nitrogens with one attached hydrogen (secondary N) is 2.